The lowest BCUT2D eigenvalue weighted by Crippen LogP contribution is -2.29. The Morgan fingerprint density at radius 3 is 3.23 bits per heavy atom. The van der Waals surface area contributed by atoms with Gasteiger partial charge in [0, 0.05) is 12.6 Å². The highest BCUT2D eigenvalue weighted by Gasteiger charge is 2.33. The summed E-state index contributed by atoms with van der Waals surface area (Å²) < 4.78 is 5.54. The van der Waals surface area contributed by atoms with E-state index in [9.17, 15) is 0 Å². The van der Waals surface area contributed by atoms with Crippen molar-refractivity contribution in [3.63, 3.8) is 0 Å². The van der Waals surface area contributed by atoms with E-state index < -0.39 is 0 Å². The second-order valence-corrected chi connectivity index (χ2v) is 3.52. The highest BCUT2D eigenvalue weighted by atomic mass is 16.5. The molecule has 1 aliphatic carbocycles. The van der Waals surface area contributed by atoms with Gasteiger partial charge in [-0.2, -0.15) is 0 Å². The minimum atomic E-state index is 0.294. The third kappa shape index (κ3) is 0.949. The molecule has 2 heteroatoms. The maximum absolute atomic E-state index is 5.54. The highest BCUT2D eigenvalue weighted by Crippen LogP contribution is 2.34. The first-order valence-corrected chi connectivity index (χ1v) is 4.59. The Labute approximate surface area is 77.2 Å². The number of hydrogen-bond acceptors (Lipinski definition) is 2. The summed E-state index contributed by atoms with van der Waals surface area (Å²) >= 11 is 0. The van der Waals surface area contributed by atoms with E-state index in [1.54, 1.807) is 6.26 Å². The quantitative estimate of drug-likeness (QED) is 0.645. The topological polar surface area (TPSA) is 21.3 Å². The maximum Gasteiger partial charge on any atom is 0.126 e. The van der Waals surface area contributed by atoms with Crippen LogP contribution in [-0.4, -0.2) is 6.10 Å². The monoisotopic (exact) mass is 173 g/mol. The smallest absolute Gasteiger partial charge is 0.126 e. The van der Waals surface area contributed by atoms with Gasteiger partial charge in [0.2, 0.25) is 0 Å². The van der Waals surface area contributed by atoms with Gasteiger partial charge in [-0.05, 0) is 11.1 Å². The van der Waals surface area contributed by atoms with Gasteiger partial charge in [0.25, 0.3) is 0 Å². The van der Waals surface area contributed by atoms with Gasteiger partial charge in [0.15, 0.2) is 0 Å². The minimum absolute atomic E-state index is 0.294. The molecule has 0 saturated carbocycles. The van der Waals surface area contributed by atoms with Crippen LogP contribution in [-0.2, 0) is 11.2 Å². The molecule has 2 atom stereocenters. The standard InChI is InChI=1S/C11H11NO/c1-2-4-9-8(3-1)7-10-11(9)12-5-6-13-10/h1-6,10-12H,7H2/t10-,11+/m0/s1. The van der Waals surface area contributed by atoms with Crippen LogP contribution >= 0.6 is 0 Å². The Morgan fingerprint density at radius 2 is 2.23 bits per heavy atom. The summed E-state index contributed by atoms with van der Waals surface area (Å²) in [6.45, 7) is 0. The lowest BCUT2D eigenvalue weighted by atomic mass is 10.1. The molecule has 1 N–H and O–H groups in total. The summed E-state index contributed by atoms with van der Waals surface area (Å²) in [4.78, 5) is 0. The van der Waals surface area contributed by atoms with Crippen molar-refractivity contribution >= 4 is 0 Å². The molecule has 0 fully saturated rings. The van der Waals surface area contributed by atoms with Crippen molar-refractivity contribution in [1.82, 2.24) is 5.32 Å². The van der Waals surface area contributed by atoms with E-state index >= 15 is 0 Å². The maximum atomic E-state index is 5.54. The molecule has 13 heavy (non-hydrogen) atoms. The average Bonchev–Trinajstić information content (AvgIpc) is 2.56. The number of fused-ring (bicyclic) bond motifs is 3. The fourth-order valence-corrected chi connectivity index (χ4v) is 2.17. The second-order valence-electron chi connectivity index (χ2n) is 3.52. The van der Waals surface area contributed by atoms with Crippen molar-refractivity contribution < 1.29 is 4.74 Å². The molecule has 0 bridgehead atoms. The molecule has 0 amide bonds. The molecule has 0 radical (unpaired) electrons. The summed E-state index contributed by atoms with van der Waals surface area (Å²) in [5.74, 6) is 0. The Balaban J connectivity index is 2.05. The Morgan fingerprint density at radius 1 is 1.31 bits per heavy atom. The van der Waals surface area contributed by atoms with Crippen LogP contribution in [0.3, 0.4) is 0 Å². The van der Waals surface area contributed by atoms with Gasteiger partial charge >= 0.3 is 0 Å². The SMILES string of the molecule is C1=CO[C@H]2Cc3ccccc3[C@H]2N1. The molecule has 1 heterocycles. The van der Waals surface area contributed by atoms with E-state index in [0.29, 0.717) is 12.1 Å². The largest absolute Gasteiger partial charge is 0.494 e. The van der Waals surface area contributed by atoms with Crippen LogP contribution in [0.15, 0.2) is 36.7 Å². The van der Waals surface area contributed by atoms with Crippen LogP contribution in [0.25, 0.3) is 0 Å². The van der Waals surface area contributed by atoms with Crippen LogP contribution < -0.4 is 5.32 Å². The molecule has 0 spiro atoms. The molecular weight excluding hydrogens is 162 g/mol. The van der Waals surface area contributed by atoms with Crippen molar-refractivity contribution in [2.75, 3.05) is 0 Å². The molecule has 1 aromatic carbocycles. The summed E-state index contributed by atoms with van der Waals surface area (Å²) in [6.07, 6.45) is 4.94. The number of benzene rings is 1. The highest BCUT2D eigenvalue weighted by molar-refractivity contribution is 5.37. The van der Waals surface area contributed by atoms with Gasteiger partial charge in [0.05, 0.1) is 12.3 Å². The molecular formula is C11H11NO. The third-order valence-corrected chi connectivity index (χ3v) is 2.78. The van der Waals surface area contributed by atoms with Crippen LogP contribution in [0.5, 0.6) is 0 Å². The normalized spacial score (nSPS) is 28.6. The Hall–Kier alpha value is -1.44. The predicted molar refractivity (Wildman–Crippen MR) is 50.0 cm³/mol. The van der Waals surface area contributed by atoms with E-state index in [4.69, 9.17) is 4.74 Å². The molecule has 1 aliphatic heterocycles. The molecule has 0 unspecified atom stereocenters. The second kappa shape index (κ2) is 2.52. The molecule has 66 valence electrons. The zero-order valence-corrected chi connectivity index (χ0v) is 7.23. The fourth-order valence-electron chi connectivity index (χ4n) is 2.17. The van der Waals surface area contributed by atoms with Crippen LogP contribution in [0, 0.1) is 0 Å². The molecule has 3 rings (SSSR count). The minimum Gasteiger partial charge on any atom is -0.494 e. The van der Waals surface area contributed by atoms with E-state index in [0.717, 1.165) is 6.42 Å². The summed E-state index contributed by atoms with van der Waals surface area (Å²) in [7, 11) is 0. The van der Waals surface area contributed by atoms with Crippen molar-refractivity contribution in [3.05, 3.63) is 47.9 Å². The Bertz CT molecular complexity index is 359. The first kappa shape index (κ1) is 7.01. The van der Waals surface area contributed by atoms with Gasteiger partial charge in [0.1, 0.15) is 6.10 Å². The summed E-state index contributed by atoms with van der Waals surface area (Å²) in [5, 5.41) is 3.33. The zero-order valence-electron chi connectivity index (χ0n) is 7.23. The van der Waals surface area contributed by atoms with Gasteiger partial charge in [-0.3, -0.25) is 0 Å². The van der Waals surface area contributed by atoms with Crippen molar-refractivity contribution in [1.29, 1.82) is 0 Å². The Kier molecular flexibility index (Phi) is 1.36. The van der Waals surface area contributed by atoms with E-state index in [-0.39, 0.29) is 0 Å². The van der Waals surface area contributed by atoms with Crippen LogP contribution in [0.2, 0.25) is 0 Å². The number of rotatable bonds is 0. The molecule has 0 saturated heterocycles. The number of ether oxygens (including phenoxy) is 1. The third-order valence-electron chi connectivity index (χ3n) is 2.78. The van der Waals surface area contributed by atoms with Crippen LogP contribution in [0.1, 0.15) is 17.2 Å². The fraction of sp³-hybridized carbons (Fsp3) is 0.273. The number of hydrogen-bond donors (Lipinski definition) is 1. The van der Waals surface area contributed by atoms with Gasteiger partial charge in [-0.25, -0.2) is 0 Å². The van der Waals surface area contributed by atoms with Gasteiger partial charge in [-0.15, -0.1) is 0 Å². The number of nitrogens with one attached hydrogen (secondary N) is 1. The first-order chi connectivity index (χ1) is 6.45. The molecule has 1 aromatic rings. The average molecular weight is 173 g/mol. The lowest BCUT2D eigenvalue weighted by Gasteiger charge is -2.24. The first-order valence-electron chi connectivity index (χ1n) is 4.59. The van der Waals surface area contributed by atoms with Gasteiger partial charge in [-0.1, -0.05) is 24.3 Å². The molecule has 0 aromatic heterocycles. The summed E-state index contributed by atoms with van der Waals surface area (Å²) in [5.41, 5.74) is 2.80. The molecule has 2 aliphatic rings. The van der Waals surface area contributed by atoms with Crippen molar-refractivity contribution in [2.24, 2.45) is 0 Å². The van der Waals surface area contributed by atoms with E-state index in [2.05, 4.69) is 29.6 Å². The summed E-state index contributed by atoms with van der Waals surface area (Å²) in [6, 6.07) is 8.89. The zero-order chi connectivity index (χ0) is 8.67. The van der Waals surface area contributed by atoms with Crippen molar-refractivity contribution in [2.45, 2.75) is 18.6 Å². The predicted octanol–water partition coefficient (Wildman–Crippen LogP) is 1.74. The van der Waals surface area contributed by atoms with Crippen LogP contribution in [0.4, 0.5) is 0 Å². The van der Waals surface area contributed by atoms with Gasteiger partial charge < -0.3 is 10.1 Å². The molecule has 2 nitrogen and oxygen atoms in total. The lowest BCUT2D eigenvalue weighted by molar-refractivity contribution is 0.105. The van der Waals surface area contributed by atoms with Crippen molar-refractivity contribution in [3.8, 4) is 0 Å². The van der Waals surface area contributed by atoms with E-state index in [1.807, 2.05) is 6.20 Å². The van der Waals surface area contributed by atoms with E-state index in [1.165, 1.54) is 11.1 Å².